The molecule has 4 aliphatic heterocycles. The molecule has 6 aromatic carbocycles. The second kappa shape index (κ2) is 12.3. The molecule has 0 amide bonds. The number of hydrogen-bond donors (Lipinski definition) is 0. The highest BCUT2D eigenvalue weighted by molar-refractivity contribution is 6.08. The van der Waals surface area contributed by atoms with Gasteiger partial charge in [-0.25, -0.2) is 0 Å². The maximum Gasteiger partial charge on any atom is 0.231 e. The number of aldehydes is 1. The lowest BCUT2D eigenvalue weighted by Crippen LogP contribution is -2.43. The molecule has 0 fully saturated rings. The molecule has 55 heavy (non-hydrogen) atoms. The number of hydrogen-bond acceptors (Lipinski definition) is 11. The first kappa shape index (κ1) is 33.1. The topological polar surface area (TPSA) is 97.4 Å². The van der Waals surface area contributed by atoms with Crippen molar-refractivity contribution < 1.29 is 42.7 Å². The third kappa shape index (κ3) is 4.52. The molecule has 6 aromatic rings. The van der Waals surface area contributed by atoms with Crippen LogP contribution in [0.5, 0.6) is 46.0 Å². The van der Waals surface area contributed by atoms with Gasteiger partial charge in [0.25, 0.3) is 0 Å². The SMILES string of the molecule is COc1ccc2c(c1OC)[C@H](C(C=O)[C@@H]1c3c(ccc(OC)c3OC)-c3ccc4cc5c(cc4c3N1C)OCO5)N(C)c1c-2ccc2cc3c(cc12)OCO3. The molecular weight excluding hydrogens is 700 g/mol. The summed E-state index contributed by atoms with van der Waals surface area (Å²) in [5.41, 5.74) is 7.49. The molecule has 278 valence electrons. The summed E-state index contributed by atoms with van der Waals surface area (Å²) in [4.78, 5) is 18.7. The first-order valence-corrected chi connectivity index (χ1v) is 18.0. The highest BCUT2D eigenvalue weighted by atomic mass is 16.7. The minimum atomic E-state index is -0.718. The molecule has 0 bridgehead atoms. The van der Waals surface area contributed by atoms with E-state index in [1.165, 1.54) is 0 Å². The van der Waals surface area contributed by atoms with E-state index in [2.05, 4.69) is 46.2 Å². The van der Waals surface area contributed by atoms with Crippen LogP contribution in [-0.2, 0) is 4.79 Å². The van der Waals surface area contributed by atoms with Gasteiger partial charge in [-0.05, 0) is 70.4 Å². The molecule has 10 rings (SSSR count). The summed E-state index contributed by atoms with van der Waals surface area (Å²) in [5.74, 6) is 4.32. The lowest BCUT2D eigenvalue weighted by Gasteiger charge is -2.48. The maximum absolute atomic E-state index is 14.3. The summed E-state index contributed by atoms with van der Waals surface area (Å²) in [6, 6.07) is 23.4. The van der Waals surface area contributed by atoms with Gasteiger partial charge in [-0.1, -0.05) is 24.3 Å². The zero-order chi connectivity index (χ0) is 37.7. The normalized spacial score (nSPS) is 17.6. The number of carbonyl (C=O) groups excluding carboxylic acids is 1. The number of benzene rings is 6. The van der Waals surface area contributed by atoms with Gasteiger partial charge in [0.1, 0.15) is 6.29 Å². The van der Waals surface area contributed by atoms with E-state index in [0.29, 0.717) is 46.0 Å². The Labute approximate surface area is 317 Å². The van der Waals surface area contributed by atoms with Crippen LogP contribution >= 0.6 is 0 Å². The van der Waals surface area contributed by atoms with Crippen LogP contribution < -0.4 is 47.7 Å². The van der Waals surface area contributed by atoms with E-state index < -0.39 is 18.0 Å². The Balaban J connectivity index is 1.26. The van der Waals surface area contributed by atoms with Gasteiger partial charge in [0.05, 0.1) is 57.8 Å². The molecule has 0 saturated carbocycles. The van der Waals surface area contributed by atoms with Crippen LogP contribution in [0.15, 0.2) is 72.8 Å². The van der Waals surface area contributed by atoms with E-state index in [-0.39, 0.29) is 13.6 Å². The standard InChI is InChI=1S/C44H38N2O9/c1-45-39-26(9-7-22-15-33-35(17-28(22)39)54-20-52-33)24-11-13-31(48-3)43(50-5)37(24)41(45)30(19-47)42-38-25(12-14-32(49-4)44(38)51-6)27-10-8-23-16-34-36(55-21-53-34)18-29(23)40(27)46(42)2/h7-19,30,41-42H,20-21H2,1-6H3/t30?,41-,42+. The van der Waals surface area contributed by atoms with Crippen molar-refractivity contribution in [2.45, 2.75) is 12.1 Å². The van der Waals surface area contributed by atoms with Gasteiger partial charge in [-0.3, -0.25) is 0 Å². The Morgan fingerprint density at radius 2 is 0.964 bits per heavy atom. The fourth-order valence-electron chi connectivity index (χ4n) is 9.44. The first-order valence-electron chi connectivity index (χ1n) is 18.0. The average Bonchev–Trinajstić information content (AvgIpc) is 3.88. The van der Waals surface area contributed by atoms with Crippen LogP contribution in [0.4, 0.5) is 11.4 Å². The van der Waals surface area contributed by atoms with Crippen molar-refractivity contribution >= 4 is 39.2 Å². The monoisotopic (exact) mass is 738 g/mol. The van der Waals surface area contributed by atoms with Crippen molar-refractivity contribution in [3.05, 3.63) is 83.9 Å². The Kier molecular flexibility index (Phi) is 7.39. The largest absolute Gasteiger partial charge is 0.493 e. The molecule has 0 aromatic heterocycles. The molecular formula is C44H38N2O9. The Hall–Kier alpha value is -6.49. The van der Waals surface area contributed by atoms with Gasteiger partial charge in [-0.15, -0.1) is 0 Å². The predicted molar refractivity (Wildman–Crippen MR) is 209 cm³/mol. The molecule has 11 heteroatoms. The van der Waals surface area contributed by atoms with Crippen molar-refractivity contribution in [2.24, 2.45) is 5.92 Å². The smallest absolute Gasteiger partial charge is 0.231 e. The van der Waals surface area contributed by atoms with Crippen molar-refractivity contribution in [3.63, 3.8) is 0 Å². The number of methoxy groups -OCH3 is 4. The number of carbonyl (C=O) groups is 1. The highest BCUT2D eigenvalue weighted by Gasteiger charge is 2.47. The number of ether oxygens (including phenoxy) is 8. The van der Waals surface area contributed by atoms with Crippen LogP contribution in [0.1, 0.15) is 23.2 Å². The minimum Gasteiger partial charge on any atom is -0.493 e. The Morgan fingerprint density at radius 1 is 0.564 bits per heavy atom. The third-order valence-electron chi connectivity index (χ3n) is 11.7. The van der Waals surface area contributed by atoms with Gasteiger partial charge in [0.15, 0.2) is 46.0 Å². The zero-order valence-corrected chi connectivity index (χ0v) is 31.2. The molecule has 4 heterocycles. The quantitative estimate of drug-likeness (QED) is 0.148. The molecule has 0 spiro atoms. The van der Waals surface area contributed by atoms with Crippen molar-refractivity contribution in [3.8, 4) is 68.2 Å². The second-order valence-corrected chi connectivity index (χ2v) is 14.1. The van der Waals surface area contributed by atoms with Crippen molar-refractivity contribution in [2.75, 3.05) is 65.9 Å². The lowest BCUT2D eigenvalue weighted by atomic mass is 9.73. The molecule has 4 aliphatic rings. The van der Waals surface area contributed by atoms with Crippen molar-refractivity contribution in [1.29, 1.82) is 0 Å². The zero-order valence-electron chi connectivity index (χ0n) is 31.2. The summed E-state index contributed by atoms with van der Waals surface area (Å²) >= 11 is 0. The van der Waals surface area contributed by atoms with Crippen LogP contribution in [0.25, 0.3) is 43.8 Å². The van der Waals surface area contributed by atoms with E-state index >= 15 is 0 Å². The molecule has 1 unspecified atom stereocenters. The van der Waals surface area contributed by atoms with E-state index in [9.17, 15) is 4.79 Å². The minimum absolute atomic E-state index is 0.163. The van der Waals surface area contributed by atoms with E-state index in [4.69, 9.17) is 37.9 Å². The van der Waals surface area contributed by atoms with Crippen LogP contribution in [0.3, 0.4) is 0 Å². The van der Waals surface area contributed by atoms with Crippen LogP contribution in [0, 0.1) is 5.92 Å². The highest BCUT2D eigenvalue weighted by Crippen LogP contribution is 2.61. The van der Waals surface area contributed by atoms with Crippen LogP contribution in [0.2, 0.25) is 0 Å². The fraction of sp³-hybridized carbons (Fsp3) is 0.250. The Bertz CT molecular complexity index is 2430. The van der Waals surface area contributed by atoms with Gasteiger partial charge in [-0.2, -0.15) is 0 Å². The summed E-state index contributed by atoms with van der Waals surface area (Å²) in [7, 11) is 10.6. The molecule has 3 atom stereocenters. The summed E-state index contributed by atoms with van der Waals surface area (Å²) < 4.78 is 47.5. The molecule has 11 nitrogen and oxygen atoms in total. The lowest BCUT2D eigenvalue weighted by molar-refractivity contribution is -0.112. The van der Waals surface area contributed by atoms with Gasteiger partial charge in [0.2, 0.25) is 13.6 Å². The van der Waals surface area contributed by atoms with Crippen molar-refractivity contribution in [1.82, 2.24) is 0 Å². The van der Waals surface area contributed by atoms with Gasteiger partial charge < -0.3 is 52.5 Å². The van der Waals surface area contributed by atoms with Gasteiger partial charge >= 0.3 is 0 Å². The maximum atomic E-state index is 14.3. The summed E-state index contributed by atoms with van der Waals surface area (Å²) in [6.45, 7) is 0.326. The summed E-state index contributed by atoms with van der Waals surface area (Å²) in [6.07, 6.45) is 1.07. The predicted octanol–water partition coefficient (Wildman–Crippen LogP) is 8.32. The molecule has 0 radical (unpaired) electrons. The van der Waals surface area contributed by atoms with E-state index in [1.807, 2.05) is 50.5 Å². The average molecular weight is 739 g/mol. The Morgan fingerprint density at radius 3 is 1.35 bits per heavy atom. The van der Waals surface area contributed by atoms with E-state index in [1.54, 1.807) is 28.4 Å². The number of anilines is 2. The van der Waals surface area contributed by atoms with E-state index in [0.717, 1.165) is 72.6 Å². The fourth-order valence-corrected chi connectivity index (χ4v) is 9.44. The number of fused-ring (bicyclic) bond motifs is 12. The first-order chi connectivity index (χ1) is 26.9. The van der Waals surface area contributed by atoms with Crippen LogP contribution in [-0.4, -0.2) is 62.4 Å². The number of nitrogens with zero attached hydrogens (tertiary/aromatic N) is 2. The number of rotatable bonds is 7. The molecule has 0 saturated heterocycles. The third-order valence-corrected chi connectivity index (χ3v) is 11.7. The second-order valence-electron chi connectivity index (χ2n) is 14.1. The molecule has 0 aliphatic carbocycles. The molecule has 0 N–H and O–H groups in total. The summed E-state index contributed by atoms with van der Waals surface area (Å²) in [5, 5.41) is 3.93. The van der Waals surface area contributed by atoms with Gasteiger partial charge in [0, 0.05) is 47.1 Å².